The number of rotatable bonds is 8. The Morgan fingerprint density at radius 2 is 0.606 bits per heavy atom. The zero-order valence-electron chi connectivity index (χ0n) is 37.9. The van der Waals surface area contributed by atoms with Crippen LogP contribution >= 0.6 is 45.3 Å². The summed E-state index contributed by atoms with van der Waals surface area (Å²) in [5.74, 6) is 0.466. The van der Waals surface area contributed by atoms with Gasteiger partial charge in [-0.2, -0.15) is 0 Å². The molecule has 0 radical (unpaired) electrons. The third-order valence-corrected chi connectivity index (χ3v) is 19.5. The van der Waals surface area contributed by atoms with E-state index in [9.17, 15) is 0 Å². The van der Waals surface area contributed by atoms with E-state index in [1.807, 2.05) is 45.3 Å². The van der Waals surface area contributed by atoms with Gasteiger partial charge in [0.25, 0.3) is 0 Å². The Kier molecular flexibility index (Phi) is 9.87. The molecule has 0 nitrogen and oxygen atoms in total. The largest absolute Gasteiger partial charge is 0.140 e. The molecule has 0 fully saturated rings. The minimum absolute atomic E-state index is 0.233. The number of allylic oxidation sites excluding steroid dienone is 4. The van der Waals surface area contributed by atoms with Gasteiger partial charge in [-0.15, -0.1) is 45.3 Å². The molecule has 14 rings (SSSR count). The van der Waals surface area contributed by atoms with Gasteiger partial charge in [-0.1, -0.05) is 109 Å². The van der Waals surface area contributed by atoms with Crippen molar-refractivity contribution in [2.45, 2.75) is 78.1 Å². The second kappa shape index (κ2) is 16.0. The molecule has 4 heterocycles. The van der Waals surface area contributed by atoms with E-state index in [-0.39, 0.29) is 11.8 Å². The fourth-order valence-corrected chi connectivity index (χ4v) is 16.3. The van der Waals surface area contributed by atoms with Crippen LogP contribution in [0, 0.1) is 27.7 Å². The molecule has 5 aliphatic rings. The van der Waals surface area contributed by atoms with Crippen molar-refractivity contribution in [1.82, 2.24) is 0 Å². The van der Waals surface area contributed by atoms with Crippen LogP contribution in [0.2, 0.25) is 0 Å². The van der Waals surface area contributed by atoms with E-state index in [4.69, 9.17) is 0 Å². The summed E-state index contributed by atoms with van der Waals surface area (Å²) in [6, 6.07) is 56.0. The molecule has 2 bridgehead atoms. The van der Waals surface area contributed by atoms with E-state index in [1.165, 1.54) is 130 Å². The minimum atomic E-state index is 0.233. The highest BCUT2D eigenvalue weighted by molar-refractivity contribution is 7.16. The van der Waals surface area contributed by atoms with Crippen molar-refractivity contribution < 1.29 is 0 Å². The van der Waals surface area contributed by atoms with E-state index in [0.717, 1.165) is 25.7 Å². The molecule has 5 aromatic carbocycles. The Balaban J connectivity index is 0.839. The van der Waals surface area contributed by atoms with Gasteiger partial charge in [0, 0.05) is 50.9 Å². The highest BCUT2D eigenvalue weighted by atomic mass is 32.1. The molecule has 0 amide bonds. The second-order valence-corrected chi connectivity index (χ2v) is 23.9. The van der Waals surface area contributed by atoms with Gasteiger partial charge < -0.3 is 0 Å². The lowest BCUT2D eigenvalue weighted by Gasteiger charge is -2.42. The Hall–Kier alpha value is -5.62. The van der Waals surface area contributed by atoms with E-state index in [1.54, 1.807) is 22.3 Å². The number of aryl methyl sites for hydroxylation is 4. The molecule has 0 aliphatic heterocycles. The molecule has 9 aromatic rings. The number of hydrogen-bond donors (Lipinski definition) is 0. The molecule has 0 saturated carbocycles. The average molecular weight is 923 g/mol. The molecule has 0 N–H and O–H groups in total. The fraction of sp³-hybridized carbons (Fsp3) is 0.194. The van der Waals surface area contributed by atoms with Crippen molar-refractivity contribution in [3.8, 4) is 41.8 Å². The van der Waals surface area contributed by atoms with Crippen LogP contribution in [0.5, 0.6) is 0 Å². The maximum Gasteiger partial charge on any atom is 0.0351 e. The zero-order valence-corrected chi connectivity index (χ0v) is 41.2. The molecule has 4 heteroatoms. The van der Waals surface area contributed by atoms with Gasteiger partial charge in [0.2, 0.25) is 0 Å². The Bertz CT molecular complexity index is 3240. The quantitative estimate of drug-likeness (QED) is 0.142. The average Bonchev–Trinajstić information content (AvgIpc) is 4.23. The number of benzene rings is 5. The Labute approximate surface area is 405 Å². The summed E-state index contributed by atoms with van der Waals surface area (Å²) in [4.78, 5) is 11.2. The van der Waals surface area contributed by atoms with Gasteiger partial charge >= 0.3 is 0 Å². The van der Waals surface area contributed by atoms with Crippen LogP contribution in [-0.2, 0) is 0 Å². The van der Waals surface area contributed by atoms with Gasteiger partial charge in [0.1, 0.15) is 0 Å². The van der Waals surface area contributed by atoms with Crippen molar-refractivity contribution in [3.63, 3.8) is 0 Å². The van der Waals surface area contributed by atoms with Crippen molar-refractivity contribution in [2.75, 3.05) is 0 Å². The van der Waals surface area contributed by atoms with Gasteiger partial charge in [-0.3, -0.25) is 0 Å². The SMILES string of the molecule is Cc1sc(-c2ccccc2)cc1C1=C(c2cc(-c3ccc4c(c3)C3c5ccccc5C4c4cc(-c5cc(C6=C(c7cc(-c8ccccc8)sc7C)CCC6)c(C)s5)ccc43)sc2C)CCC1. The van der Waals surface area contributed by atoms with Crippen LogP contribution in [0.3, 0.4) is 0 Å². The lowest BCUT2D eigenvalue weighted by molar-refractivity contribution is 0.755. The zero-order chi connectivity index (χ0) is 44.2. The highest BCUT2D eigenvalue weighted by Crippen LogP contribution is 2.58. The van der Waals surface area contributed by atoms with Gasteiger partial charge in [0.05, 0.1) is 0 Å². The first-order valence-electron chi connectivity index (χ1n) is 23.7. The smallest absolute Gasteiger partial charge is 0.0351 e. The fourth-order valence-electron chi connectivity index (χ4n) is 12.1. The standard InChI is InChI=1S/C62H50S4/c1-35-51(31-57(63-35)39-15-7-5-8-16-39)43-21-13-23-45(43)53-33-59(65-37(53)3)41-25-27-49-55(29-41)61-47-19-11-12-20-48(47)62(49)56-30-42(26-28-50(56)61)60-34-54(38(4)66-60)46-24-14-22-44(46)52-32-58(64-36(52)2)40-17-9-6-10-18-40/h5-12,15-20,25-34,61-62H,13-14,21-24H2,1-4H3. The summed E-state index contributed by atoms with van der Waals surface area (Å²) in [6.45, 7) is 9.33. The summed E-state index contributed by atoms with van der Waals surface area (Å²) < 4.78 is 0. The van der Waals surface area contributed by atoms with Crippen LogP contribution in [0.15, 0.2) is 146 Å². The molecule has 2 unspecified atom stereocenters. The van der Waals surface area contributed by atoms with Crippen molar-refractivity contribution in [3.05, 3.63) is 221 Å². The molecule has 5 aliphatic carbocycles. The molecule has 0 spiro atoms. The molecule has 4 aromatic heterocycles. The second-order valence-electron chi connectivity index (χ2n) is 18.9. The lowest BCUT2D eigenvalue weighted by Crippen LogP contribution is -2.27. The molecular formula is C62H50S4. The third kappa shape index (κ3) is 6.54. The number of thiophene rings is 4. The summed E-state index contributed by atoms with van der Waals surface area (Å²) in [5.41, 5.74) is 26.3. The van der Waals surface area contributed by atoms with Gasteiger partial charge in [-0.05, 0) is 203 Å². The number of hydrogen-bond acceptors (Lipinski definition) is 4. The summed E-state index contributed by atoms with van der Waals surface area (Å²) in [7, 11) is 0. The highest BCUT2D eigenvalue weighted by Gasteiger charge is 2.41. The monoisotopic (exact) mass is 922 g/mol. The molecule has 66 heavy (non-hydrogen) atoms. The van der Waals surface area contributed by atoms with E-state index < -0.39 is 0 Å². The van der Waals surface area contributed by atoms with Crippen molar-refractivity contribution in [2.24, 2.45) is 0 Å². The maximum atomic E-state index is 2.56. The first-order chi connectivity index (χ1) is 32.4. The topological polar surface area (TPSA) is 0 Å². The van der Waals surface area contributed by atoms with E-state index in [2.05, 4.69) is 173 Å². The normalized spacial score (nSPS) is 17.2. The van der Waals surface area contributed by atoms with E-state index >= 15 is 0 Å². The molecule has 0 saturated heterocycles. The third-order valence-electron chi connectivity index (χ3n) is 15.1. The van der Waals surface area contributed by atoms with E-state index in [0.29, 0.717) is 0 Å². The van der Waals surface area contributed by atoms with Crippen LogP contribution in [-0.4, -0.2) is 0 Å². The summed E-state index contributed by atoms with van der Waals surface area (Å²) in [5, 5.41) is 0. The molecule has 2 atom stereocenters. The Morgan fingerprint density at radius 3 is 0.955 bits per heavy atom. The van der Waals surface area contributed by atoms with Crippen molar-refractivity contribution in [1.29, 1.82) is 0 Å². The maximum absolute atomic E-state index is 2.56. The van der Waals surface area contributed by atoms with Gasteiger partial charge in [-0.25, -0.2) is 0 Å². The lowest BCUT2D eigenvalue weighted by atomic mass is 9.60. The first kappa shape index (κ1) is 40.6. The van der Waals surface area contributed by atoms with Crippen LogP contribution in [0.4, 0.5) is 0 Å². The molecular weight excluding hydrogens is 873 g/mol. The van der Waals surface area contributed by atoms with Crippen LogP contribution in [0.1, 0.15) is 126 Å². The minimum Gasteiger partial charge on any atom is -0.140 e. The van der Waals surface area contributed by atoms with Gasteiger partial charge in [0.15, 0.2) is 0 Å². The summed E-state index contributed by atoms with van der Waals surface area (Å²) >= 11 is 7.83. The van der Waals surface area contributed by atoms with Crippen LogP contribution in [0.25, 0.3) is 64.1 Å². The van der Waals surface area contributed by atoms with Crippen LogP contribution < -0.4 is 0 Å². The predicted molar refractivity (Wildman–Crippen MR) is 288 cm³/mol. The molecule has 322 valence electrons. The predicted octanol–water partition coefficient (Wildman–Crippen LogP) is 19.0. The Morgan fingerprint density at radius 1 is 0.303 bits per heavy atom. The summed E-state index contributed by atoms with van der Waals surface area (Å²) in [6.07, 6.45) is 7.08. The van der Waals surface area contributed by atoms with Crippen molar-refractivity contribution >= 4 is 67.6 Å². The first-order valence-corrected chi connectivity index (χ1v) is 27.0.